The van der Waals surface area contributed by atoms with Crippen molar-refractivity contribution in [1.29, 1.82) is 0 Å². The van der Waals surface area contributed by atoms with Gasteiger partial charge in [-0.25, -0.2) is 4.68 Å². The smallest absolute Gasteiger partial charge is 0.276 e. The Morgan fingerprint density at radius 1 is 1.41 bits per heavy atom. The van der Waals surface area contributed by atoms with Gasteiger partial charge in [0.15, 0.2) is 5.69 Å². The summed E-state index contributed by atoms with van der Waals surface area (Å²) in [5, 5.41) is 6.69. The fourth-order valence-corrected chi connectivity index (χ4v) is 1.85. The highest BCUT2D eigenvalue weighted by atomic mass is 16.5. The molecule has 0 unspecified atom stereocenters. The molecule has 0 aliphatic heterocycles. The van der Waals surface area contributed by atoms with Crippen molar-refractivity contribution >= 4 is 5.91 Å². The van der Waals surface area contributed by atoms with Crippen LogP contribution in [0.2, 0.25) is 0 Å². The van der Waals surface area contributed by atoms with Crippen LogP contribution in [0.4, 0.5) is 0 Å². The molecular weight excluding hydrogens is 282 g/mol. The normalized spacial score (nSPS) is 10.0. The minimum atomic E-state index is -0.544. The van der Waals surface area contributed by atoms with Crippen molar-refractivity contribution in [3.8, 4) is 11.6 Å². The predicted molar refractivity (Wildman–Crippen MR) is 83.5 cm³/mol. The second-order valence-corrected chi connectivity index (χ2v) is 4.37. The molecule has 22 heavy (non-hydrogen) atoms. The van der Waals surface area contributed by atoms with Gasteiger partial charge in [-0.15, -0.1) is 6.58 Å². The molecule has 2 aromatic rings. The lowest BCUT2D eigenvalue weighted by molar-refractivity contribution is 0.0949. The third-order valence-electron chi connectivity index (χ3n) is 2.81. The molecule has 1 N–H and O–H groups in total. The van der Waals surface area contributed by atoms with Crippen LogP contribution >= 0.6 is 0 Å². The van der Waals surface area contributed by atoms with Gasteiger partial charge in [-0.2, -0.15) is 5.10 Å². The summed E-state index contributed by atoms with van der Waals surface area (Å²) in [4.78, 5) is 24.1. The van der Waals surface area contributed by atoms with E-state index in [1.54, 1.807) is 0 Å². The number of para-hydroxylation sites is 1. The zero-order valence-corrected chi connectivity index (χ0v) is 12.3. The van der Waals surface area contributed by atoms with Crippen LogP contribution in [0.25, 0.3) is 5.69 Å². The zero-order chi connectivity index (χ0) is 15.9. The number of amides is 1. The Bertz CT molecular complexity index is 723. The maximum absolute atomic E-state index is 12.1. The Morgan fingerprint density at radius 3 is 2.77 bits per heavy atom. The van der Waals surface area contributed by atoms with Crippen molar-refractivity contribution < 1.29 is 9.53 Å². The Labute approximate surface area is 128 Å². The van der Waals surface area contributed by atoms with Gasteiger partial charge in [0.25, 0.3) is 5.91 Å². The molecule has 1 heterocycles. The van der Waals surface area contributed by atoms with E-state index in [1.165, 1.54) is 16.8 Å². The van der Waals surface area contributed by atoms with E-state index in [2.05, 4.69) is 17.0 Å². The van der Waals surface area contributed by atoms with Gasteiger partial charge in [-0.05, 0) is 19.1 Å². The number of benzene rings is 1. The molecule has 1 amide bonds. The Balaban J connectivity index is 2.52. The lowest BCUT2D eigenvalue weighted by atomic mass is 10.3. The van der Waals surface area contributed by atoms with Gasteiger partial charge in [-0.3, -0.25) is 9.59 Å². The highest BCUT2D eigenvalue weighted by Gasteiger charge is 2.16. The topological polar surface area (TPSA) is 73.2 Å². The first-order valence-corrected chi connectivity index (χ1v) is 6.89. The molecule has 6 nitrogen and oxygen atoms in total. The molecule has 1 aromatic heterocycles. The SMILES string of the molecule is C=CCNC(=O)c1nn(-c2ccccc2)c(OCC)cc1=O. The minimum Gasteiger partial charge on any atom is -0.478 e. The largest absolute Gasteiger partial charge is 0.478 e. The number of carbonyl (C=O) groups excluding carboxylic acids is 1. The van der Waals surface area contributed by atoms with E-state index in [0.29, 0.717) is 18.2 Å². The molecule has 0 bridgehead atoms. The number of ether oxygens (including phenoxy) is 1. The molecule has 2 rings (SSSR count). The second kappa shape index (κ2) is 7.21. The maximum atomic E-state index is 12.1. The number of nitrogens with one attached hydrogen (secondary N) is 1. The summed E-state index contributed by atoms with van der Waals surface area (Å²) in [6.45, 7) is 5.97. The summed E-state index contributed by atoms with van der Waals surface area (Å²) in [6, 6.07) is 10.4. The third-order valence-corrected chi connectivity index (χ3v) is 2.81. The zero-order valence-electron chi connectivity index (χ0n) is 12.3. The molecule has 0 saturated carbocycles. The average molecular weight is 299 g/mol. The average Bonchev–Trinajstić information content (AvgIpc) is 2.54. The van der Waals surface area contributed by atoms with Crippen LogP contribution in [0.5, 0.6) is 5.88 Å². The first-order chi connectivity index (χ1) is 10.7. The predicted octanol–water partition coefficient (Wildman–Crippen LogP) is 1.55. The molecule has 0 fully saturated rings. The minimum absolute atomic E-state index is 0.186. The fourth-order valence-electron chi connectivity index (χ4n) is 1.85. The van der Waals surface area contributed by atoms with Crippen LogP contribution in [-0.4, -0.2) is 28.8 Å². The van der Waals surface area contributed by atoms with Crippen molar-refractivity contribution in [3.05, 3.63) is 65.0 Å². The molecule has 0 aliphatic rings. The molecule has 1 aromatic carbocycles. The fraction of sp³-hybridized carbons (Fsp3) is 0.188. The highest BCUT2D eigenvalue weighted by molar-refractivity contribution is 5.92. The number of aromatic nitrogens is 2. The van der Waals surface area contributed by atoms with E-state index in [9.17, 15) is 9.59 Å². The van der Waals surface area contributed by atoms with Crippen LogP contribution in [0.3, 0.4) is 0 Å². The Morgan fingerprint density at radius 2 is 2.14 bits per heavy atom. The van der Waals surface area contributed by atoms with E-state index in [1.807, 2.05) is 37.3 Å². The molecule has 0 aliphatic carbocycles. The molecular formula is C16H17N3O3. The number of carbonyl (C=O) groups is 1. The second-order valence-electron chi connectivity index (χ2n) is 4.37. The molecule has 0 spiro atoms. The van der Waals surface area contributed by atoms with Crippen molar-refractivity contribution in [1.82, 2.24) is 15.1 Å². The number of nitrogens with zero attached hydrogens (tertiary/aromatic N) is 2. The first-order valence-electron chi connectivity index (χ1n) is 6.89. The van der Waals surface area contributed by atoms with Gasteiger partial charge in [0.05, 0.1) is 18.4 Å². The summed E-state index contributed by atoms with van der Waals surface area (Å²) in [7, 11) is 0. The molecule has 0 atom stereocenters. The monoisotopic (exact) mass is 299 g/mol. The van der Waals surface area contributed by atoms with Crippen LogP contribution < -0.4 is 15.5 Å². The van der Waals surface area contributed by atoms with Crippen LogP contribution in [0.15, 0.2) is 53.8 Å². The number of rotatable bonds is 6. The molecule has 114 valence electrons. The van der Waals surface area contributed by atoms with Gasteiger partial charge in [-0.1, -0.05) is 24.3 Å². The van der Waals surface area contributed by atoms with E-state index in [0.717, 1.165) is 0 Å². The van der Waals surface area contributed by atoms with Crippen LogP contribution in [-0.2, 0) is 0 Å². The van der Waals surface area contributed by atoms with Crippen LogP contribution in [0.1, 0.15) is 17.4 Å². The molecule has 6 heteroatoms. The summed E-state index contributed by atoms with van der Waals surface area (Å²) in [5.41, 5.74) is 0.0232. The standard InChI is InChI=1S/C16H17N3O3/c1-3-10-17-16(21)15-13(20)11-14(22-4-2)19(18-15)12-8-6-5-7-9-12/h3,5-9,11H,1,4,10H2,2H3,(H,17,21). The van der Waals surface area contributed by atoms with Crippen molar-refractivity contribution in [2.24, 2.45) is 0 Å². The Kier molecular flexibility index (Phi) is 5.08. The third kappa shape index (κ3) is 3.41. The summed E-state index contributed by atoms with van der Waals surface area (Å²) in [6.07, 6.45) is 1.53. The van der Waals surface area contributed by atoms with Gasteiger partial charge in [0.1, 0.15) is 0 Å². The number of hydrogen-bond donors (Lipinski definition) is 1. The molecule has 0 saturated heterocycles. The highest BCUT2D eigenvalue weighted by Crippen LogP contribution is 2.14. The summed E-state index contributed by atoms with van der Waals surface area (Å²) < 4.78 is 6.88. The lowest BCUT2D eigenvalue weighted by Gasteiger charge is -2.13. The van der Waals surface area contributed by atoms with E-state index < -0.39 is 11.3 Å². The van der Waals surface area contributed by atoms with Crippen molar-refractivity contribution in [2.45, 2.75) is 6.92 Å². The summed E-state index contributed by atoms with van der Waals surface area (Å²) in [5.74, 6) is -0.253. The Hall–Kier alpha value is -2.89. The summed E-state index contributed by atoms with van der Waals surface area (Å²) >= 11 is 0. The maximum Gasteiger partial charge on any atom is 0.276 e. The van der Waals surface area contributed by atoms with Gasteiger partial charge in [0.2, 0.25) is 11.3 Å². The lowest BCUT2D eigenvalue weighted by Crippen LogP contribution is -2.31. The van der Waals surface area contributed by atoms with Crippen molar-refractivity contribution in [3.63, 3.8) is 0 Å². The van der Waals surface area contributed by atoms with E-state index in [-0.39, 0.29) is 12.2 Å². The van der Waals surface area contributed by atoms with E-state index in [4.69, 9.17) is 4.74 Å². The van der Waals surface area contributed by atoms with E-state index >= 15 is 0 Å². The quantitative estimate of drug-likeness (QED) is 0.821. The van der Waals surface area contributed by atoms with Gasteiger partial charge in [0, 0.05) is 6.54 Å². The number of hydrogen-bond acceptors (Lipinski definition) is 4. The van der Waals surface area contributed by atoms with Gasteiger partial charge < -0.3 is 10.1 Å². The first kappa shape index (κ1) is 15.5. The van der Waals surface area contributed by atoms with Crippen molar-refractivity contribution in [2.75, 3.05) is 13.2 Å². The van der Waals surface area contributed by atoms with Crippen LogP contribution in [0, 0.1) is 0 Å². The van der Waals surface area contributed by atoms with Gasteiger partial charge >= 0.3 is 0 Å². The molecule has 0 radical (unpaired) electrons.